The number of nitrogens with one attached hydrogen (secondary N) is 1. The second kappa shape index (κ2) is 8.81. The third-order valence-corrected chi connectivity index (χ3v) is 4.78. The zero-order valence-electron chi connectivity index (χ0n) is 17.5. The van der Waals surface area contributed by atoms with E-state index in [9.17, 15) is 9.59 Å². The van der Waals surface area contributed by atoms with Crippen LogP contribution in [0.4, 0.5) is 0 Å². The van der Waals surface area contributed by atoms with Crippen molar-refractivity contribution in [3.8, 4) is 28.6 Å². The summed E-state index contributed by atoms with van der Waals surface area (Å²) in [4.78, 5) is 32.1. The van der Waals surface area contributed by atoms with Crippen LogP contribution in [-0.4, -0.2) is 52.6 Å². The van der Waals surface area contributed by atoms with Gasteiger partial charge >= 0.3 is 5.97 Å². The lowest BCUT2D eigenvalue weighted by atomic mass is 10.2. The molecule has 0 atom stereocenters. The lowest BCUT2D eigenvalue weighted by Crippen LogP contribution is -2.27. The molecule has 0 aliphatic rings. The maximum absolute atomic E-state index is 11.8. The van der Waals surface area contributed by atoms with Gasteiger partial charge in [-0.3, -0.25) is 4.79 Å². The molecule has 4 aromatic rings. The standard InChI is InChI=1S/C24H21N3O5/c1-27(2)22(28)14-31-20-5-3-4-6-21(20)32-17-10-7-15(8-11-17)23-25-18-12-9-16(24(29)30)13-19(18)26-23/h3-13H,14H2,1-2H3,(H,25,26)(H,29,30). The number of H-pyrrole nitrogens is 1. The third-order valence-electron chi connectivity index (χ3n) is 4.78. The summed E-state index contributed by atoms with van der Waals surface area (Å²) in [5.41, 5.74) is 2.36. The van der Waals surface area contributed by atoms with Crippen molar-refractivity contribution in [2.24, 2.45) is 0 Å². The summed E-state index contributed by atoms with van der Waals surface area (Å²) in [6.07, 6.45) is 0. The van der Waals surface area contributed by atoms with E-state index in [1.54, 1.807) is 50.5 Å². The molecule has 2 N–H and O–H groups in total. The topological polar surface area (TPSA) is 105 Å². The van der Waals surface area contributed by atoms with Crippen molar-refractivity contribution in [2.75, 3.05) is 20.7 Å². The van der Waals surface area contributed by atoms with E-state index in [1.165, 1.54) is 11.0 Å². The van der Waals surface area contributed by atoms with Crippen LogP contribution in [0.25, 0.3) is 22.4 Å². The summed E-state index contributed by atoms with van der Waals surface area (Å²) in [5.74, 6) is 1.05. The molecule has 0 fully saturated rings. The number of rotatable bonds is 7. The molecule has 4 rings (SSSR count). The Kier molecular flexibility index (Phi) is 5.76. The second-order valence-electron chi connectivity index (χ2n) is 7.27. The quantitative estimate of drug-likeness (QED) is 0.455. The van der Waals surface area contributed by atoms with Crippen molar-refractivity contribution in [2.45, 2.75) is 0 Å². The van der Waals surface area contributed by atoms with Gasteiger partial charge in [-0.15, -0.1) is 0 Å². The highest BCUT2D eigenvalue weighted by atomic mass is 16.5. The first kappa shape index (κ1) is 20.9. The first-order valence-electron chi connectivity index (χ1n) is 9.84. The minimum atomic E-state index is -0.986. The summed E-state index contributed by atoms with van der Waals surface area (Å²) >= 11 is 0. The number of carboxylic acids is 1. The molecule has 32 heavy (non-hydrogen) atoms. The first-order chi connectivity index (χ1) is 15.4. The number of imidazole rings is 1. The number of nitrogens with zero attached hydrogens (tertiary/aromatic N) is 2. The number of ether oxygens (including phenoxy) is 2. The highest BCUT2D eigenvalue weighted by molar-refractivity contribution is 5.93. The molecule has 8 nitrogen and oxygen atoms in total. The Hall–Kier alpha value is -4.33. The van der Waals surface area contributed by atoms with Crippen molar-refractivity contribution in [1.82, 2.24) is 14.9 Å². The van der Waals surface area contributed by atoms with Gasteiger partial charge in [0.15, 0.2) is 18.1 Å². The average molecular weight is 431 g/mol. The van der Waals surface area contributed by atoms with Crippen LogP contribution in [0, 0.1) is 0 Å². The van der Waals surface area contributed by atoms with E-state index in [1.807, 2.05) is 24.3 Å². The molecule has 0 unspecified atom stereocenters. The van der Waals surface area contributed by atoms with Crippen molar-refractivity contribution in [1.29, 1.82) is 0 Å². The Morgan fingerprint density at radius 3 is 2.41 bits per heavy atom. The number of carbonyl (C=O) groups excluding carboxylic acids is 1. The number of hydrogen-bond acceptors (Lipinski definition) is 5. The van der Waals surface area contributed by atoms with Crippen molar-refractivity contribution >= 4 is 22.9 Å². The molecular weight excluding hydrogens is 410 g/mol. The Morgan fingerprint density at radius 2 is 1.72 bits per heavy atom. The molecule has 1 amide bonds. The van der Waals surface area contributed by atoms with Gasteiger partial charge in [0.25, 0.3) is 5.91 Å². The lowest BCUT2D eigenvalue weighted by molar-refractivity contribution is -0.130. The number of hydrogen-bond donors (Lipinski definition) is 2. The maximum Gasteiger partial charge on any atom is 0.335 e. The van der Waals surface area contributed by atoms with Gasteiger partial charge in [0.1, 0.15) is 11.6 Å². The molecule has 8 heteroatoms. The molecule has 0 aliphatic heterocycles. The number of carboxylic acid groups (broad SMARTS) is 1. The Balaban J connectivity index is 1.51. The average Bonchev–Trinajstić information content (AvgIpc) is 3.22. The number of carbonyl (C=O) groups is 2. The summed E-state index contributed by atoms with van der Waals surface area (Å²) in [6.45, 7) is -0.0814. The molecule has 0 saturated heterocycles. The maximum atomic E-state index is 11.8. The van der Waals surface area contributed by atoms with Gasteiger partial charge in [-0.2, -0.15) is 0 Å². The number of fused-ring (bicyclic) bond motifs is 1. The normalized spacial score (nSPS) is 10.7. The molecule has 1 aromatic heterocycles. The van der Waals surface area contributed by atoms with Gasteiger partial charge in [0.05, 0.1) is 16.6 Å². The molecular formula is C24H21N3O5. The summed E-state index contributed by atoms with van der Waals surface area (Å²) in [5, 5.41) is 9.15. The zero-order valence-corrected chi connectivity index (χ0v) is 17.5. The number of aromatic carboxylic acids is 1. The Bertz CT molecular complexity index is 1280. The van der Waals surface area contributed by atoms with Crippen LogP contribution in [-0.2, 0) is 4.79 Å². The predicted octanol–water partition coefficient (Wildman–Crippen LogP) is 4.19. The molecule has 0 saturated carbocycles. The van der Waals surface area contributed by atoms with E-state index in [0.29, 0.717) is 34.1 Å². The van der Waals surface area contributed by atoms with Gasteiger partial charge < -0.3 is 24.5 Å². The molecule has 0 aliphatic carbocycles. The molecule has 3 aromatic carbocycles. The second-order valence-corrected chi connectivity index (χ2v) is 7.27. The van der Waals surface area contributed by atoms with Crippen LogP contribution >= 0.6 is 0 Å². The molecule has 162 valence electrons. The van der Waals surface area contributed by atoms with Crippen molar-refractivity contribution in [3.63, 3.8) is 0 Å². The fraction of sp³-hybridized carbons (Fsp3) is 0.125. The van der Waals surface area contributed by atoms with E-state index < -0.39 is 5.97 Å². The van der Waals surface area contributed by atoms with Gasteiger partial charge in [-0.25, -0.2) is 9.78 Å². The van der Waals surface area contributed by atoms with Crippen LogP contribution < -0.4 is 9.47 Å². The minimum Gasteiger partial charge on any atom is -0.480 e. The van der Waals surface area contributed by atoms with Crippen LogP contribution in [0.15, 0.2) is 66.7 Å². The highest BCUT2D eigenvalue weighted by Crippen LogP contribution is 2.32. The number of aromatic amines is 1. The number of amides is 1. The van der Waals surface area contributed by atoms with Gasteiger partial charge in [-0.05, 0) is 54.6 Å². The lowest BCUT2D eigenvalue weighted by Gasteiger charge is -2.14. The van der Waals surface area contributed by atoms with Crippen molar-refractivity contribution < 1.29 is 24.2 Å². The largest absolute Gasteiger partial charge is 0.480 e. The van der Waals surface area contributed by atoms with E-state index >= 15 is 0 Å². The molecule has 1 heterocycles. The van der Waals surface area contributed by atoms with E-state index in [2.05, 4.69) is 9.97 Å². The number of aromatic nitrogens is 2. The molecule has 0 spiro atoms. The SMILES string of the molecule is CN(C)C(=O)COc1ccccc1Oc1ccc(-c2nc3ccc(C(=O)O)cc3[nH]2)cc1. The Morgan fingerprint density at radius 1 is 1.00 bits per heavy atom. The van der Waals surface area contributed by atoms with E-state index in [0.717, 1.165) is 5.56 Å². The number of benzene rings is 3. The third kappa shape index (κ3) is 4.54. The molecule has 0 bridgehead atoms. The van der Waals surface area contributed by atoms with Crippen LogP contribution in [0.3, 0.4) is 0 Å². The smallest absolute Gasteiger partial charge is 0.335 e. The number of likely N-dealkylation sites (N-methyl/N-ethyl adjacent to an activating group) is 1. The highest BCUT2D eigenvalue weighted by Gasteiger charge is 2.11. The van der Waals surface area contributed by atoms with Gasteiger partial charge in [0, 0.05) is 19.7 Å². The zero-order chi connectivity index (χ0) is 22.7. The number of para-hydroxylation sites is 2. The van der Waals surface area contributed by atoms with Gasteiger partial charge in [-0.1, -0.05) is 12.1 Å². The first-order valence-corrected chi connectivity index (χ1v) is 9.84. The monoisotopic (exact) mass is 431 g/mol. The Labute approximate surface area is 184 Å². The predicted molar refractivity (Wildman–Crippen MR) is 119 cm³/mol. The summed E-state index contributed by atoms with van der Waals surface area (Å²) in [7, 11) is 3.34. The molecule has 0 radical (unpaired) electrons. The van der Waals surface area contributed by atoms with Crippen LogP contribution in [0.2, 0.25) is 0 Å². The fourth-order valence-electron chi connectivity index (χ4n) is 3.01. The van der Waals surface area contributed by atoms with Crippen LogP contribution in [0.1, 0.15) is 10.4 Å². The summed E-state index contributed by atoms with van der Waals surface area (Å²) < 4.78 is 11.6. The van der Waals surface area contributed by atoms with E-state index in [4.69, 9.17) is 14.6 Å². The minimum absolute atomic E-state index is 0.0814. The van der Waals surface area contributed by atoms with Crippen LogP contribution in [0.5, 0.6) is 17.2 Å². The van der Waals surface area contributed by atoms with Gasteiger partial charge in [0.2, 0.25) is 0 Å². The van der Waals surface area contributed by atoms with Crippen molar-refractivity contribution in [3.05, 3.63) is 72.3 Å². The van der Waals surface area contributed by atoms with E-state index in [-0.39, 0.29) is 18.1 Å². The fourth-order valence-corrected chi connectivity index (χ4v) is 3.01. The summed E-state index contributed by atoms with van der Waals surface area (Å²) in [6, 6.07) is 19.2.